The van der Waals surface area contributed by atoms with Gasteiger partial charge in [-0.15, -0.1) is 0 Å². The molecule has 1 aliphatic rings. The van der Waals surface area contributed by atoms with E-state index < -0.39 is 47.8 Å². The van der Waals surface area contributed by atoms with Crippen molar-refractivity contribution in [1.82, 2.24) is 10.2 Å². The van der Waals surface area contributed by atoms with Crippen LogP contribution in [0.5, 0.6) is 0 Å². The van der Waals surface area contributed by atoms with Crippen LogP contribution < -0.4 is 10.6 Å². The van der Waals surface area contributed by atoms with Crippen molar-refractivity contribution >= 4 is 35.1 Å². The molecule has 1 heterocycles. The lowest BCUT2D eigenvalue weighted by Gasteiger charge is -2.33. The first-order valence-electron chi connectivity index (χ1n) is 7.87. The molecule has 7 nitrogen and oxygen atoms in total. The van der Waals surface area contributed by atoms with Crippen LogP contribution in [0.25, 0.3) is 0 Å². The quantitative estimate of drug-likeness (QED) is 0.725. The van der Waals surface area contributed by atoms with Crippen molar-refractivity contribution in [1.29, 1.82) is 0 Å². The molecule has 0 aliphatic carbocycles. The normalized spacial score (nSPS) is 18.0. The molecule has 0 radical (unpaired) electrons. The summed E-state index contributed by atoms with van der Waals surface area (Å²) in [4.78, 5) is 37.1. The van der Waals surface area contributed by atoms with Crippen molar-refractivity contribution in [3.05, 3.63) is 28.8 Å². The van der Waals surface area contributed by atoms with E-state index in [2.05, 4.69) is 15.4 Å². The fraction of sp³-hybridized carbons (Fsp3) is 0.438. The Kier molecular flexibility index (Phi) is 6.66. The monoisotopic (exact) mass is 407 g/mol. The summed E-state index contributed by atoms with van der Waals surface area (Å²) in [5.74, 6) is -1.90. The maximum atomic E-state index is 13.1. The number of hydrogen-bond donors (Lipinski definition) is 2. The number of para-hydroxylation sites is 1. The minimum absolute atomic E-state index is 0.240. The van der Waals surface area contributed by atoms with Gasteiger partial charge in [-0.3, -0.25) is 19.3 Å². The van der Waals surface area contributed by atoms with Crippen LogP contribution >= 0.6 is 11.6 Å². The maximum Gasteiger partial charge on any atom is 0.418 e. The van der Waals surface area contributed by atoms with Crippen LogP contribution in [0.15, 0.2) is 18.2 Å². The number of methoxy groups -OCH3 is 1. The third kappa shape index (κ3) is 5.33. The van der Waals surface area contributed by atoms with E-state index in [0.717, 1.165) is 19.2 Å². The predicted molar refractivity (Wildman–Crippen MR) is 90.1 cm³/mol. The zero-order chi connectivity index (χ0) is 20.2. The molecule has 148 valence electrons. The fourth-order valence-corrected chi connectivity index (χ4v) is 2.89. The van der Waals surface area contributed by atoms with Crippen LogP contribution in [0.2, 0.25) is 5.02 Å². The van der Waals surface area contributed by atoms with Crippen LogP contribution in [0, 0.1) is 0 Å². The lowest BCUT2D eigenvalue weighted by molar-refractivity contribution is -0.146. The van der Waals surface area contributed by atoms with Gasteiger partial charge in [-0.1, -0.05) is 17.7 Å². The van der Waals surface area contributed by atoms with Gasteiger partial charge in [-0.05, 0) is 12.1 Å². The van der Waals surface area contributed by atoms with Crippen LogP contribution in [0.1, 0.15) is 12.0 Å². The highest BCUT2D eigenvalue weighted by molar-refractivity contribution is 6.34. The summed E-state index contributed by atoms with van der Waals surface area (Å²) in [5, 5.41) is 4.45. The summed E-state index contributed by atoms with van der Waals surface area (Å²) in [7, 11) is 1.16. The van der Waals surface area contributed by atoms with Gasteiger partial charge in [-0.2, -0.15) is 13.2 Å². The second-order valence-electron chi connectivity index (χ2n) is 5.77. The molecule has 27 heavy (non-hydrogen) atoms. The Morgan fingerprint density at radius 1 is 1.41 bits per heavy atom. The molecule has 1 aliphatic heterocycles. The Morgan fingerprint density at radius 3 is 2.74 bits per heavy atom. The van der Waals surface area contributed by atoms with Gasteiger partial charge in [0.25, 0.3) is 0 Å². The third-order valence-corrected chi connectivity index (χ3v) is 4.27. The number of anilines is 1. The largest absolute Gasteiger partial charge is 0.469 e. The number of carbonyl (C=O) groups is 3. The van der Waals surface area contributed by atoms with Crippen molar-refractivity contribution in [2.75, 3.05) is 32.1 Å². The molecule has 1 aromatic carbocycles. The molecule has 1 saturated heterocycles. The van der Waals surface area contributed by atoms with Gasteiger partial charge in [0.1, 0.15) is 6.04 Å². The van der Waals surface area contributed by atoms with Gasteiger partial charge in [0, 0.05) is 13.1 Å². The fourth-order valence-electron chi connectivity index (χ4n) is 2.67. The Bertz CT molecular complexity index is 742. The number of hydrogen-bond acceptors (Lipinski definition) is 5. The van der Waals surface area contributed by atoms with E-state index in [-0.39, 0.29) is 24.5 Å². The zero-order valence-corrected chi connectivity index (χ0v) is 15.0. The van der Waals surface area contributed by atoms with Gasteiger partial charge in [0.2, 0.25) is 11.8 Å². The SMILES string of the molecule is COC(=O)C[C@H]1C(=O)NCCN1CC(=O)Nc1c(Cl)cccc1C(F)(F)F. The van der Waals surface area contributed by atoms with Gasteiger partial charge in [-0.25, -0.2) is 0 Å². The summed E-state index contributed by atoms with van der Waals surface area (Å²) in [6, 6.07) is 2.20. The molecule has 2 N–H and O–H groups in total. The molecular formula is C16H17ClF3N3O4. The maximum absolute atomic E-state index is 13.1. The Balaban J connectivity index is 2.15. The van der Waals surface area contributed by atoms with Gasteiger partial charge < -0.3 is 15.4 Å². The third-order valence-electron chi connectivity index (χ3n) is 3.96. The van der Waals surface area contributed by atoms with Crippen molar-refractivity contribution in [3.8, 4) is 0 Å². The molecule has 2 rings (SSSR count). The zero-order valence-electron chi connectivity index (χ0n) is 14.2. The minimum atomic E-state index is -4.70. The number of esters is 1. The molecule has 0 unspecified atom stereocenters. The standard InChI is InChI=1S/C16H17ClF3N3O4/c1-27-13(25)7-11-15(26)21-5-6-23(11)8-12(24)22-14-9(16(18,19)20)3-2-4-10(14)17/h2-4,11H,5-8H2,1H3,(H,21,26)(H,22,24)/t11-/m0/s1. The number of amides is 2. The van der Waals surface area contributed by atoms with Gasteiger partial charge >= 0.3 is 12.1 Å². The number of halogens is 4. The van der Waals surface area contributed by atoms with E-state index in [9.17, 15) is 27.6 Å². The van der Waals surface area contributed by atoms with E-state index in [1.807, 2.05) is 0 Å². The topological polar surface area (TPSA) is 87.7 Å². The highest BCUT2D eigenvalue weighted by Gasteiger charge is 2.36. The number of nitrogens with one attached hydrogen (secondary N) is 2. The molecule has 1 aromatic rings. The lowest BCUT2D eigenvalue weighted by Crippen LogP contribution is -2.57. The second-order valence-corrected chi connectivity index (χ2v) is 6.17. The Hall–Kier alpha value is -2.33. The molecule has 0 bridgehead atoms. The smallest absolute Gasteiger partial charge is 0.418 e. The van der Waals surface area contributed by atoms with Crippen molar-refractivity contribution in [2.45, 2.75) is 18.6 Å². The summed E-state index contributed by atoms with van der Waals surface area (Å²) < 4.78 is 43.9. The molecule has 1 fully saturated rings. The van der Waals surface area contributed by atoms with E-state index in [1.54, 1.807) is 0 Å². The number of alkyl halides is 3. The molecule has 0 spiro atoms. The molecule has 0 aromatic heterocycles. The number of nitrogens with zero attached hydrogens (tertiary/aromatic N) is 1. The molecule has 2 amide bonds. The summed E-state index contributed by atoms with van der Waals surface area (Å²) >= 11 is 5.81. The van der Waals surface area contributed by atoms with Crippen LogP contribution in [0.4, 0.5) is 18.9 Å². The minimum Gasteiger partial charge on any atom is -0.469 e. The van der Waals surface area contributed by atoms with E-state index in [0.29, 0.717) is 0 Å². The van der Waals surface area contributed by atoms with E-state index in [1.165, 1.54) is 11.0 Å². The Morgan fingerprint density at radius 2 is 2.11 bits per heavy atom. The average Bonchev–Trinajstić information content (AvgIpc) is 2.58. The van der Waals surface area contributed by atoms with Crippen molar-refractivity contribution < 1.29 is 32.3 Å². The van der Waals surface area contributed by atoms with E-state index >= 15 is 0 Å². The number of ether oxygens (including phenoxy) is 1. The van der Waals surface area contributed by atoms with Crippen molar-refractivity contribution in [2.24, 2.45) is 0 Å². The first-order valence-corrected chi connectivity index (χ1v) is 8.25. The highest BCUT2D eigenvalue weighted by Crippen LogP contribution is 2.38. The predicted octanol–water partition coefficient (Wildman–Crippen LogP) is 1.66. The summed E-state index contributed by atoms with van der Waals surface area (Å²) in [6.45, 7) is 0.0940. The summed E-state index contributed by atoms with van der Waals surface area (Å²) in [5.41, 5.74) is -1.63. The lowest BCUT2D eigenvalue weighted by atomic mass is 10.1. The Labute approximate surface area is 157 Å². The summed E-state index contributed by atoms with van der Waals surface area (Å²) in [6.07, 6.45) is -4.98. The van der Waals surface area contributed by atoms with Crippen LogP contribution in [0.3, 0.4) is 0 Å². The first-order chi connectivity index (χ1) is 12.6. The van der Waals surface area contributed by atoms with Gasteiger partial charge in [0.05, 0.1) is 36.3 Å². The number of piperazine rings is 1. The highest BCUT2D eigenvalue weighted by atomic mass is 35.5. The molecule has 11 heteroatoms. The van der Waals surface area contributed by atoms with Crippen molar-refractivity contribution in [3.63, 3.8) is 0 Å². The molecule has 1 atom stereocenters. The number of benzene rings is 1. The number of rotatable bonds is 5. The van der Waals surface area contributed by atoms with Crippen LogP contribution in [-0.2, 0) is 25.3 Å². The number of carbonyl (C=O) groups excluding carboxylic acids is 3. The van der Waals surface area contributed by atoms with Crippen LogP contribution in [-0.4, -0.2) is 55.5 Å². The molecule has 0 saturated carbocycles. The average molecular weight is 408 g/mol. The van der Waals surface area contributed by atoms with Gasteiger partial charge in [0.15, 0.2) is 0 Å². The second kappa shape index (κ2) is 8.57. The van der Waals surface area contributed by atoms with E-state index in [4.69, 9.17) is 11.6 Å². The first kappa shape index (κ1) is 21.0. The molecular weight excluding hydrogens is 391 g/mol.